The maximum atomic E-state index is 13.0. The van der Waals surface area contributed by atoms with Crippen LogP contribution in [0.2, 0.25) is 0 Å². The molecule has 0 aromatic heterocycles. The smallest absolute Gasteiger partial charge is 0.254 e. The number of nitrogens with one attached hydrogen (secondary N) is 1. The minimum absolute atomic E-state index is 0. The molecule has 28 heavy (non-hydrogen) atoms. The molecule has 1 amide bonds. The lowest BCUT2D eigenvalue weighted by Crippen LogP contribution is -2.52. The van der Waals surface area contributed by atoms with Crippen LogP contribution in [0.1, 0.15) is 22.8 Å². The zero-order chi connectivity index (χ0) is 19.2. The summed E-state index contributed by atoms with van der Waals surface area (Å²) >= 11 is 0. The summed E-state index contributed by atoms with van der Waals surface area (Å²) in [6.45, 7) is 4.68. The average Bonchev–Trinajstić information content (AvgIpc) is 2.72. The van der Waals surface area contributed by atoms with Gasteiger partial charge in [-0.15, -0.1) is 12.4 Å². The highest BCUT2D eigenvalue weighted by molar-refractivity contribution is 5.96. The van der Waals surface area contributed by atoms with Crippen molar-refractivity contribution in [2.24, 2.45) is 0 Å². The van der Waals surface area contributed by atoms with Crippen molar-refractivity contribution in [1.29, 1.82) is 0 Å². The van der Waals surface area contributed by atoms with Crippen molar-refractivity contribution in [2.45, 2.75) is 19.6 Å². The van der Waals surface area contributed by atoms with Crippen molar-refractivity contribution in [2.75, 3.05) is 33.9 Å². The number of ether oxygens (including phenoxy) is 3. The molecule has 6 nitrogen and oxygen atoms in total. The van der Waals surface area contributed by atoms with Crippen LogP contribution in [0.5, 0.6) is 17.2 Å². The van der Waals surface area contributed by atoms with E-state index in [1.54, 1.807) is 26.4 Å². The van der Waals surface area contributed by atoms with E-state index < -0.39 is 0 Å². The van der Waals surface area contributed by atoms with E-state index in [-0.39, 0.29) is 24.4 Å². The molecule has 0 unspecified atom stereocenters. The lowest BCUT2D eigenvalue weighted by Gasteiger charge is -2.34. The monoisotopic (exact) mass is 406 g/mol. The number of halogens is 1. The summed E-state index contributed by atoms with van der Waals surface area (Å²) < 4.78 is 16.9. The zero-order valence-corrected chi connectivity index (χ0v) is 17.3. The average molecular weight is 407 g/mol. The summed E-state index contributed by atoms with van der Waals surface area (Å²) in [5, 5.41) is 3.29. The predicted molar refractivity (Wildman–Crippen MR) is 111 cm³/mol. The number of methoxy groups -OCH3 is 2. The molecule has 1 N–H and O–H groups in total. The Morgan fingerprint density at radius 1 is 1.14 bits per heavy atom. The molecule has 0 spiro atoms. The standard InChI is InChI=1S/C21H26N2O4.ClH/c1-15-13-22-9-10-23(15)21(24)17-11-18(25-2)20(19(12-17)26-3)27-14-16-7-5-4-6-8-16;/h4-8,11-12,15,22H,9-10,13-14H2,1-3H3;1H/t15-;/m0./s1. The lowest BCUT2D eigenvalue weighted by molar-refractivity contribution is 0.0655. The van der Waals surface area contributed by atoms with Gasteiger partial charge in [0.2, 0.25) is 5.75 Å². The summed E-state index contributed by atoms with van der Waals surface area (Å²) in [7, 11) is 3.12. The molecule has 0 radical (unpaired) electrons. The van der Waals surface area contributed by atoms with Crippen molar-refractivity contribution < 1.29 is 19.0 Å². The van der Waals surface area contributed by atoms with Crippen LogP contribution in [0.4, 0.5) is 0 Å². The number of carbonyl (C=O) groups is 1. The molecule has 0 saturated carbocycles. The van der Waals surface area contributed by atoms with Crippen LogP contribution in [-0.4, -0.2) is 50.7 Å². The molecule has 1 aliphatic heterocycles. The highest BCUT2D eigenvalue weighted by Gasteiger charge is 2.26. The van der Waals surface area contributed by atoms with E-state index in [0.29, 0.717) is 36.0 Å². The SMILES string of the molecule is COc1cc(C(=O)N2CCNC[C@@H]2C)cc(OC)c1OCc1ccccc1.Cl. The first-order valence-corrected chi connectivity index (χ1v) is 9.08. The number of hydrogen-bond donors (Lipinski definition) is 1. The van der Waals surface area contributed by atoms with Crippen molar-refractivity contribution in [3.8, 4) is 17.2 Å². The minimum Gasteiger partial charge on any atom is -0.493 e. The van der Waals surface area contributed by atoms with Crippen molar-refractivity contribution in [3.05, 3.63) is 53.6 Å². The van der Waals surface area contributed by atoms with Gasteiger partial charge >= 0.3 is 0 Å². The quantitative estimate of drug-likeness (QED) is 0.798. The van der Waals surface area contributed by atoms with Crippen LogP contribution >= 0.6 is 12.4 Å². The van der Waals surface area contributed by atoms with Gasteiger partial charge in [0, 0.05) is 31.2 Å². The van der Waals surface area contributed by atoms with Crippen LogP contribution in [0.3, 0.4) is 0 Å². The molecule has 1 saturated heterocycles. The third-order valence-corrected chi connectivity index (χ3v) is 4.70. The summed E-state index contributed by atoms with van der Waals surface area (Å²) in [5.74, 6) is 1.43. The Kier molecular flexibility index (Phi) is 7.96. The van der Waals surface area contributed by atoms with Crippen LogP contribution in [0.15, 0.2) is 42.5 Å². The largest absolute Gasteiger partial charge is 0.493 e. The molecule has 1 fully saturated rings. The first-order chi connectivity index (χ1) is 13.1. The second-order valence-electron chi connectivity index (χ2n) is 6.54. The van der Waals surface area contributed by atoms with E-state index in [2.05, 4.69) is 5.32 Å². The number of nitrogens with zero attached hydrogens (tertiary/aromatic N) is 1. The number of amides is 1. The van der Waals surface area contributed by atoms with Gasteiger partial charge in [0.25, 0.3) is 5.91 Å². The maximum Gasteiger partial charge on any atom is 0.254 e. The molecule has 1 heterocycles. The molecule has 1 atom stereocenters. The van der Waals surface area contributed by atoms with Crippen LogP contribution < -0.4 is 19.5 Å². The van der Waals surface area contributed by atoms with E-state index in [1.807, 2.05) is 42.2 Å². The number of benzene rings is 2. The molecule has 7 heteroatoms. The van der Waals surface area contributed by atoms with E-state index in [1.165, 1.54) is 0 Å². The summed E-state index contributed by atoms with van der Waals surface area (Å²) in [6.07, 6.45) is 0. The van der Waals surface area contributed by atoms with Crippen molar-refractivity contribution >= 4 is 18.3 Å². The van der Waals surface area contributed by atoms with Gasteiger partial charge < -0.3 is 24.4 Å². The number of rotatable bonds is 6. The minimum atomic E-state index is -0.0322. The number of piperazine rings is 1. The molecule has 2 aromatic rings. The molecular weight excluding hydrogens is 380 g/mol. The van der Waals surface area contributed by atoms with Gasteiger partial charge in [-0.2, -0.15) is 0 Å². The van der Waals surface area contributed by atoms with Gasteiger partial charge in [0.15, 0.2) is 11.5 Å². The number of carbonyl (C=O) groups excluding carboxylic acids is 1. The molecular formula is C21H27ClN2O4. The second-order valence-corrected chi connectivity index (χ2v) is 6.54. The van der Waals surface area contributed by atoms with E-state index in [9.17, 15) is 4.79 Å². The van der Waals surface area contributed by atoms with Crippen molar-refractivity contribution in [1.82, 2.24) is 10.2 Å². The van der Waals surface area contributed by atoms with Gasteiger partial charge in [-0.25, -0.2) is 0 Å². The normalized spacial score (nSPS) is 16.1. The Morgan fingerprint density at radius 3 is 2.36 bits per heavy atom. The Bertz CT molecular complexity index is 760. The fraction of sp³-hybridized carbons (Fsp3) is 0.381. The molecule has 2 aromatic carbocycles. The molecule has 152 valence electrons. The molecule has 0 bridgehead atoms. The lowest BCUT2D eigenvalue weighted by atomic mass is 10.1. The first-order valence-electron chi connectivity index (χ1n) is 9.08. The summed E-state index contributed by atoms with van der Waals surface area (Å²) in [4.78, 5) is 14.9. The van der Waals surface area contributed by atoms with Crippen LogP contribution in [-0.2, 0) is 6.61 Å². The van der Waals surface area contributed by atoms with E-state index >= 15 is 0 Å². The molecule has 3 rings (SSSR count). The Morgan fingerprint density at radius 2 is 1.79 bits per heavy atom. The maximum absolute atomic E-state index is 13.0. The zero-order valence-electron chi connectivity index (χ0n) is 16.4. The van der Waals surface area contributed by atoms with Gasteiger partial charge in [0.1, 0.15) is 6.61 Å². The molecule has 0 aliphatic carbocycles. The third kappa shape index (κ3) is 4.88. The Hall–Kier alpha value is -2.44. The van der Waals surface area contributed by atoms with E-state index in [0.717, 1.165) is 18.7 Å². The van der Waals surface area contributed by atoms with Crippen LogP contribution in [0, 0.1) is 0 Å². The number of hydrogen-bond acceptors (Lipinski definition) is 5. The second kappa shape index (κ2) is 10.2. The first kappa shape index (κ1) is 21.9. The molecule has 1 aliphatic rings. The van der Waals surface area contributed by atoms with Gasteiger partial charge in [-0.1, -0.05) is 30.3 Å². The van der Waals surface area contributed by atoms with Gasteiger partial charge in [-0.3, -0.25) is 4.79 Å². The predicted octanol–water partition coefficient (Wildman–Crippen LogP) is 3.14. The van der Waals surface area contributed by atoms with E-state index in [4.69, 9.17) is 14.2 Å². The van der Waals surface area contributed by atoms with Crippen LogP contribution in [0.25, 0.3) is 0 Å². The van der Waals surface area contributed by atoms with Gasteiger partial charge in [0.05, 0.1) is 14.2 Å². The Balaban J connectivity index is 0.00000280. The highest BCUT2D eigenvalue weighted by Crippen LogP contribution is 2.39. The summed E-state index contributed by atoms with van der Waals surface area (Å²) in [6, 6.07) is 13.4. The van der Waals surface area contributed by atoms with Crippen molar-refractivity contribution in [3.63, 3.8) is 0 Å². The van der Waals surface area contributed by atoms with Gasteiger partial charge in [-0.05, 0) is 24.6 Å². The fourth-order valence-electron chi connectivity index (χ4n) is 3.18. The fourth-order valence-corrected chi connectivity index (χ4v) is 3.18. The third-order valence-electron chi connectivity index (χ3n) is 4.70. The summed E-state index contributed by atoms with van der Waals surface area (Å²) in [5.41, 5.74) is 1.57. The topological polar surface area (TPSA) is 60.0 Å². The Labute approximate surface area is 172 Å². The highest BCUT2D eigenvalue weighted by atomic mass is 35.5.